The highest BCUT2D eigenvalue weighted by Crippen LogP contribution is 2.43. The molecular weight excluding hydrogens is 701 g/mol. The summed E-state index contributed by atoms with van der Waals surface area (Å²) in [7, 11) is 1.43. The average Bonchev–Trinajstić information content (AvgIpc) is 3.12. The summed E-state index contributed by atoms with van der Waals surface area (Å²) in [5, 5.41) is 0. The highest BCUT2D eigenvalue weighted by Gasteiger charge is 2.27. The van der Waals surface area contributed by atoms with Crippen LogP contribution in [0.4, 0.5) is 0 Å². The zero-order valence-electron chi connectivity index (χ0n) is 35.5. The molecule has 0 saturated carbocycles. The molecule has 0 aromatic rings. The molecule has 0 rings (SSSR count). The van der Waals surface area contributed by atoms with Crippen LogP contribution in [-0.2, 0) is 32.7 Å². The van der Waals surface area contributed by atoms with Gasteiger partial charge in [-0.2, -0.15) is 0 Å². The number of allylic oxidation sites excluding steroid dienone is 6. The minimum Gasteiger partial charge on any atom is -0.462 e. The molecule has 0 aromatic carbocycles. The first-order valence-electron chi connectivity index (χ1n) is 21.7. The van der Waals surface area contributed by atoms with E-state index in [9.17, 15) is 19.0 Å². The van der Waals surface area contributed by atoms with Gasteiger partial charge >= 0.3 is 19.8 Å². The topological polar surface area (TPSA) is 108 Å². The third-order valence-corrected chi connectivity index (χ3v) is 10.2. The molecule has 9 nitrogen and oxygen atoms in total. The molecule has 0 spiro atoms. The van der Waals surface area contributed by atoms with E-state index in [2.05, 4.69) is 32.1 Å². The number of unbranched alkanes of at least 4 members (excludes halogenated alkanes) is 19. The number of phosphoric ester groups is 1. The Morgan fingerprint density at radius 1 is 0.574 bits per heavy atom. The molecule has 0 saturated heterocycles. The van der Waals surface area contributed by atoms with E-state index in [-0.39, 0.29) is 26.1 Å². The lowest BCUT2D eigenvalue weighted by molar-refractivity contribution is -0.870. The monoisotopic (exact) mass is 785 g/mol. The molecule has 0 radical (unpaired) electrons. The molecule has 316 valence electrons. The van der Waals surface area contributed by atoms with E-state index in [1.807, 2.05) is 39.4 Å². The predicted octanol–water partition coefficient (Wildman–Crippen LogP) is 12.1. The number of hydrogen-bond donors (Lipinski definition) is 1. The van der Waals surface area contributed by atoms with Gasteiger partial charge in [-0.05, 0) is 44.9 Å². The third kappa shape index (κ3) is 39.9. The van der Waals surface area contributed by atoms with Crippen LogP contribution in [0.1, 0.15) is 181 Å². The molecular formula is C44H83NO8P+. The molecule has 0 amide bonds. The Morgan fingerprint density at radius 3 is 1.50 bits per heavy atom. The van der Waals surface area contributed by atoms with E-state index in [0.717, 1.165) is 25.7 Å². The van der Waals surface area contributed by atoms with Gasteiger partial charge < -0.3 is 18.9 Å². The third-order valence-electron chi connectivity index (χ3n) is 9.17. The van der Waals surface area contributed by atoms with Gasteiger partial charge in [0.05, 0.1) is 27.7 Å². The number of quaternary nitrogens is 1. The first kappa shape index (κ1) is 52.2. The molecule has 0 aliphatic carbocycles. The fourth-order valence-corrected chi connectivity index (χ4v) is 6.47. The van der Waals surface area contributed by atoms with Crippen molar-refractivity contribution in [2.45, 2.75) is 187 Å². The number of hydrogen-bond acceptors (Lipinski definition) is 7. The lowest BCUT2D eigenvalue weighted by Gasteiger charge is -2.24. The zero-order chi connectivity index (χ0) is 40.0. The summed E-state index contributed by atoms with van der Waals surface area (Å²) in [5.74, 6) is -0.932. The van der Waals surface area contributed by atoms with Crippen LogP contribution in [0.25, 0.3) is 0 Å². The lowest BCUT2D eigenvalue weighted by Crippen LogP contribution is -2.37. The Morgan fingerprint density at radius 2 is 1.00 bits per heavy atom. The van der Waals surface area contributed by atoms with Crippen molar-refractivity contribution in [2.75, 3.05) is 47.5 Å². The largest absolute Gasteiger partial charge is 0.472 e. The van der Waals surface area contributed by atoms with Gasteiger partial charge in [0.15, 0.2) is 6.10 Å². The number of ether oxygens (including phenoxy) is 2. The van der Waals surface area contributed by atoms with Crippen molar-refractivity contribution in [3.63, 3.8) is 0 Å². The van der Waals surface area contributed by atoms with Gasteiger partial charge in [-0.1, -0.05) is 159 Å². The minimum absolute atomic E-state index is 0.0181. The van der Waals surface area contributed by atoms with Crippen molar-refractivity contribution in [3.8, 4) is 0 Å². The Balaban J connectivity index is 4.48. The highest BCUT2D eigenvalue weighted by atomic mass is 31.2. The van der Waals surface area contributed by atoms with Crippen LogP contribution in [0.3, 0.4) is 0 Å². The Hall–Kier alpha value is -1.77. The van der Waals surface area contributed by atoms with Crippen LogP contribution < -0.4 is 0 Å². The summed E-state index contributed by atoms with van der Waals surface area (Å²) in [4.78, 5) is 35.2. The number of rotatable bonds is 39. The maximum absolute atomic E-state index is 12.6. The van der Waals surface area contributed by atoms with Crippen LogP contribution in [0, 0.1) is 0 Å². The Bertz CT molecular complexity index is 1020. The summed E-state index contributed by atoms with van der Waals surface area (Å²) in [5.41, 5.74) is 0. The van der Waals surface area contributed by atoms with E-state index < -0.39 is 32.5 Å². The van der Waals surface area contributed by atoms with Gasteiger partial charge in [0, 0.05) is 12.8 Å². The summed E-state index contributed by atoms with van der Waals surface area (Å²) in [6.45, 7) is 4.31. The van der Waals surface area contributed by atoms with Crippen LogP contribution >= 0.6 is 7.82 Å². The van der Waals surface area contributed by atoms with Crippen molar-refractivity contribution in [3.05, 3.63) is 36.5 Å². The summed E-state index contributed by atoms with van der Waals surface area (Å²) >= 11 is 0. The number of phosphoric acid groups is 1. The van der Waals surface area contributed by atoms with Crippen LogP contribution in [-0.4, -0.2) is 74.9 Å². The number of nitrogens with zero attached hydrogens (tertiary/aromatic N) is 1. The molecule has 0 aromatic heterocycles. The number of carbonyl (C=O) groups is 2. The van der Waals surface area contributed by atoms with Crippen LogP contribution in [0.5, 0.6) is 0 Å². The van der Waals surface area contributed by atoms with E-state index in [1.54, 1.807) is 0 Å². The maximum Gasteiger partial charge on any atom is 0.472 e. The Kier molecular flexibility index (Phi) is 35.6. The molecule has 0 heterocycles. The molecule has 54 heavy (non-hydrogen) atoms. The van der Waals surface area contributed by atoms with Gasteiger partial charge in [-0.15, -0.1) is 0 Å². The molecule has 10 heteroatoms. The molecule has 2 atom stereocenters. The van der Waals surface area contributed by atoms with E-state index in [0.29, 0.717) is 23.9 Å². The van der Waals surface area contributed by atoms with Crippen molar-refractivity contribution < 1.29 is 42.1 Å². The number of esters is 2. The van der Waals surface area contributed by atoms with E-state index in [1.165, 1.54) is 116 Å². The van der Waals surface area contributed by atoms with Crippen molar-refractivity contribution in [1.29, 1.82) is 0 Å². The van der Waals surface area contributed by atoms with Crippen LogP contribution in [0.2, 0.25) is 0 Å². The molecule has 1 N–H and O–H groups in total. The summed E-state index contributed by atoms with van der Waals surface area (Å²) in [6, 6.07) is 0. The molecule has 0 aliphatic rings. The van der Waals surface area contributed by atoms with Crippen molar-refractivity contribution in [1.82, 2.24) is 0 Å². The predicted molar refractivity (Wildman–Crippen MR) is 224 cm³/mol. The normalized spacial score (nSPS) is 14.0. The molecule has 0 bridgehead atoms. The summed E-state index contributed by atoms with van der Waals surface area (Å²) < 4.78 is 34.1. The van der Waals surface area contributed by atoms with Gasteiger partial charge in [-0.3, -0.25) is 18.6 Å². The van der Waals surface area contributed by atoms with Crippen molar-refractivity contribution in [2.24, 2.45) is 0 Å². The molecule has 0 aliphatic heterocycles. The van der Waals surface area contributed by atoms with Crippen LogP contribution in [0.15, 0.2) is 36.5 Å². The number of carbonyl (C=O) groups excluding carboxylic acids is 2. The number of likely N-dealkylation sites (N-methyl/N-ethyl adjacent to an activating group) is 1. The SMILES string of the molecule is CCCCCCCCCC/C=C\C/C=C\CCC(=O)OC(COC(=O)CC/C=C\CCCCCCCCCCCCC)COP(=O)(O)OCC[N+](C)(C)C. The second-order valence-electron chi connectivity index (χ2n) is 15.7. The Labute approximate surface area is 331 Å². The fourth-order valence-electron chi connectivity index (χ4n) is 5.73. The summed E-state index contributed by atoms with van der Waals surface area (Å²) in [6.07, 6.45) is 40.8. The maximum atomic E-state index is 12.6. The van der Waals surface area contributed by atoms with Gasteiger partial charge in [-0.25, -0.2) is 4.57 Å². The fraction of sp³-hybridized carbons (Fsp3) is 0.818. The highest BCUT2D eigenvalue weighted by molar-refractivity contribution is 7.47. The minimum atomic E-state index is -4.39. The molecule has 2 unspecified atom stereocenters. The first-order valence-corrected chi connectivity index (χ1v) is 23.2. The van der Waals surface area contributed by atoms with Crippen molar-refractivity contribution >= 4 is 19.8 Å². The second kappa shape index (κ2) is 36.8. The first-order chi connectivity index (χ1) is 26.0. The van der Waals surface area contributed by atoms with E-state index >= 15 is 0 Å². The molecule has 0 fully saturated rings. The zero-order valence-corrected chi connectivity index (χ0v) is 36.3. The van der Waals surface area contributed by atoms with Gasteiger partial charge in [0.2, 0.25) is 0 Å². The van der Waals surface area contributed by atoms with Gasteiger partial charge in [0.1, 0.15) is 19.8 Å². The quantitative estimate of drug-likeness (QED) is 0.0216. The smallest absolute Gasteiger partial charge is 0.462 e. The second-order valence-corrected chi connectivity index (χ2v) is 17.2. The van der Waals surface area contributed by atoms with E-state index in [4.69, 9.17) is 18.5 Å². The van der Waals surface area contributed by atoms with Gasteiger partial charge in [0.25, 0.3) is 0 Å². The average molecular weight is 785 g/mol. The standard InChI is InChI=1S/C44H82NO8P/c1-6-8-10-12-14-16-18-20-22-24-26-28-30-32-34-36-43(46)50-40-42(41-52-54(48,49)51-39-38-45(3,4)5)53-44(47)37-35-33-31-29-27-25-23-21-19-17-15-13-11-9-7-2/h25,27,30-33,42H,6-24,26,28-29,34-41H2,1-5H3/p+1/b27-25-,32-30-,33-31-. The lowest BCUT2D eigenvalue weighted by atomic mass is 10.1.